The molecule has 6 heteroatoms. The van der Waals surface area contributed by atoms with E-state index in [0.29, 0.717) is 23.4 Å². The first-order valence-electron chi connectivity index (χ1n) is 5.94. The summed E-state index contributed by atoms with van der Waals surface area (Å²) in [7, 11) is 0. The van der Waals surface area contributed by atoms with E-state index in [1.165, 1.54) is 0 Å². The second kappa shape index (κ2) is 6.55. The number of nitrogens with one attached hydrogen (secondary N) is 1. The molecule has 0 aliphatic carbocycles. The number of carbonyl (C=O) groups is 1. The fourth-order valence-corrected chi connectivity index (χ4v) is 2.53. The van der Waals surface area contributed by atoms with Crippen LogP contribution in [-0.4, -0.2) is 16.4 Å². The molecule has 0 saturated carbocycles. The highest BCUT2D eigenvalue weighted by Gasteiger charge is 2.32. The molecule has 19 heavy (non-hydrogen) atoms. The van der Waals surface area contributed by atoms with Crippen LogP contribution in [0.15, 0.2) is 18.2 Å². The highest BCUT2D eigenvalue weighted by molar-refractivity contribution is 7.80. The van der Waals surface area contributed by atoms with E-state index in [1.54, 1.807) is 18.2 Å². The normalized spacial score (nSPS) is 11.2. The fraction of sp³-hybridized carbons (Fsp3) is 0.385. The van der Waals surface area contributed by atoms with Crippen LogP contribution in [0.25, 0.3) is 0 Å². The van der Waals surface area contributed by atoms with E-state index in [9.17, 15) is 4.79 Å². The van der Waals surface area contributed by atoms with Crippen LogP contribution in [0.3, 0.4) is 0 Å². The molecule has 0 aliphatic heterocycles. The summed E-state index contributed by atoms with van der Waals surface area (Å²) < 4.78 is 0. The number of hydrogen-bond acceptors (Lipinski definition) is 2. The average molecular weight is 319 g/mol. The maximum Gasteiger partial charge on any atom is 0.253 e. The second-order valence-electron chi connectivity index (χ2n) is 4.21. The summed E-state index contributed by atoms with van der Waals surface area (Å²) >= 11 is 17.0. The molecule has 0 fully saturated rings. The average Bonchev–Trinajstić information content (AvgIpc) is 2.38. The lowest BCUT2D eigenvalue weighted by Crippen LogP contribution is -2.56. The van der Waals surface area contributed by atoms with Crippen LogP contribution >= 0.6 is 35.4 Å². The largest absolute Gasteiger partial charge is 0.391 e. The third-order valence-electron chi connectivity index (χ3n) is 3.23. The number of benzene rings is 1. The van der Waals surface area contributed by atoms with Gasteiger partial charge in [-0.2, -0.15) is 0 Å². The number of thiocarbonyl (C=S) groups is 1. The summed E-state index contributed by atoms with van der Waals surface area (Å²) in [5.41, 5.74) is 5.36. The molecule has 1 rings (SSSR count). The van der Waals surface area contributed by atoms with Crippen molar-refractivity contribution in [2.45, 2.75) is 32.2 Å². The Balaban J connectivity index is 3.08. The minimum atomic E-state index is -0.696. The zero-order chi connectivity index (χ0) is 14.6. The molecule has 3 nitrogen and oxygen atoms in total. The highest BCUT2D eigenvalue weighted by atomic mass is 35.5. The number of carbonyl (C=O) groups excluding carboxylic acids is 1. The molecule has 0 unspecified atom stereocenters. The molecule has 1 aromatic rings. The van der Waals surface area contributed by atoms with Gasteiger partial charge < -0.3 is 11.1 Å². The predicted octanol–water partition coefficient (Wildman–Crippen LogP) is 3.57. The summed E-state index contributed by atoms with van der Waals surface area (Å²) in [6, 6.07) is 4.91. The fourth-order valence-electron chi connectivity index (χ4n) is 1.80. The highest BCUT2D eigenvalue weighted by Crippen LogP contribution is 2.26. The van der Waals surface area contributed by atoms with Gasteiger partial charge in [0.25, 0.3) is 5.91 Å². The molecule has 0 radical (unpaired) electrons. The van der Waals surface area contributed by atoms with E-state index in [-0.39, 0.29) is 15.9 Å². The van der Waals surface area contributed by atoms with Crippen molar-refractivity contribution in [1.29, 1.82) is 0 Å². The predicted molar refractivity (Wildman–Crippen MR) is 84.0 cm³/mol. The van der Waals surface area contributed by atoms with Crippen LogP contribution in [0.5, 0.6) is 0 Å². The lowest BCUT2D eigenvalue weighted by atomic mass is 9.92. The van der Waals surface area contributed by atoms with Gasteiger partial charge in [0, 0.05) is 0 Å². The molecule has 0 aromatic heterocycles. The molecular weight excluding hydrogens is 303 g/mol. The minimum absolute atomic E-state index is 0.228. The maximum atomic E-state index is 12.3. The molecule has 0 saturated heterocycles. The Bertz CT molecular complexity index is 501. The Labute approximate surface area is 128 Å². The number of halogens is 2. The monoisotopic (exact) mass is 318 g/mol. The number of amides is 1. The van der Waals surface area contributed by atoms with Gasteiger partial charge in [-0.3, -0.25) is 4.79 Å². The Morgan fingerprint density at radius 2 is 1.95 bits per heavy atom. The lowest BCUT2D eigenvalue weighted by molar-refractivity contribution is 0.0920. The summed E-state index contributed by atoms with van der Waals surface area (Å²) in [4.78, 5) is 12.6. The number of nitrogens with two attached hydrogens (primary N) is 1. The smallest absolute Gasteiger partial charge is 0.253 e. The molecule has 104 valence electrons. The summed E-state index contributed by atoms with van der Waals surface area (Å²) in [5.74, 6) is -0.330. The molecule has 0 spiro atoms. The van der Waals surface area contributed by atoms with Crippen molar-refractivity contribution < 1.29 is 4.79 Å². The summed E-state index contributed by atoms with van der Waals surface area (Å²) in [5, 5.41) is 3.43. The Kier molecular flexibility index (Phi) is 5.59. The van der Waals surface area contributed by atoms with Crippen molar-refractivity contribution in [1.82, 2.24) is 5.32 Å². The third kappa shape index (κ3) is 3.38. The Hall–Kier alpha value is -0.840. The Morgan fingerprint density at radius 3 is 2.42 bits per heavy atom. The van der Waals surface area contributed by atoms with Gasteiger partial charge in [0.1, 0.15) is 0 Å². The lowest BCUT2D eigenvalue weighted by Gasteiger charge is -2.31. The van der Waals surface area contributed by atoms with Gasteiger partial charge in [-0.1, -0.05) is 55.3 Å². The van der Waals surface area contributed by atoms with Gasteiger partial charge in [0.2, 0.25) is 0 Å². The van der Waals surface area contributed by atoms with Crippen LogP contribution in [-0.2, 0) is 0 Å². The zero-order valence-electron chi connectivity index (χ0n) is 10.8. The molecule has 1 amide bonds. The van der Waals surface area contributed by atoms with Crippen molar-refractivity contribution >= 4 is 46.3 Å². The molecular formula is C13H16Cl2N2OS. The Morgan fingerprint density at radius 1 is 1.37 bits per heavy atom. The van der Waals surface area contributed by atoms with E-state index in [4.69, 9.17) is 41.2 Å². The van der Waals surface area contributed by atoms with Crippen molar-refractivity contribution in [2.75, 3.05) is 0 Å². The van der Waals surface area contributed by atoms with E-state index >= 15 is 0 Å². The van der Waals surface area contributed by atoms with E-state index in [0.717, 1.165) is 0 Å². The van der Waals surface area contributed by atoms with Crippen molar-refractivity contribution in [3.63, 3.8) is 0 Å². The van der Waals surface area contributed by atoms with Crippen LogP contribution in [0.4, 0.5) is 0 Å². The van der Waals surface area contributed by atoms with Crippen LogP contribution in [0.1, 0.15) is 37.0 Å². The number of hydrogen-bond donors (Lipinski definition) is 2. The van der Waals surface area contributed by atoms with Crippen molar-refractivity contribution in [2.24, 2.45) is 5.73 Å². The standard InChI is InChI=1S/C13H16Cl2N2OS/c1-3-13(4-2,12(16)19)17-11(18)8-6-5-7-9(14)10(8)15/h5-7H,3-4H2,1-2H3,(H2,16,19)(H,17,18). The second-order valence-corrected chi connectivity index (χ2v) is 5.43. The molecule has 0 heterocycles. The molecule has 0 aliphatic rings. The van der Waals surface area contributed by atoms with Gasteiger partial charge in [-0.05, 0) is 25.0 Å². The number of rotatable bonds is 5. The van der Waals surface area contributed by atoms with Gasteiger partial charge in [0.15, 0.2) is 0 Å². The van der Waals surface area contributed by atoms with Crippen molar-refractivity contribution in [3.05, 3.63) is 33.8 Å². The molecule has 0 bridgehead atoms. The van der Waals surface area contributed by atoms with Gasteiger partial charge >= 0.3 is 0 Å². The summed E-state index contributed by atoms with van der Waals surface area (Å²) in [6.07, 6.45) is 1.23. The van der Waals surface area contributed by atoms with Crippen LogP contribution in [0, 0.1) is 0 Å². The maximum absolute atomic E-state index is 12.3. The topological polar surface area (TPSA) is 55.1 Å². The van der Waals surface area contributed by atoms with Gasteiger partial charge in [0.05, 0.1) is 26.1 Å². The zero-order valence-corrected chi connectivity index (χ0v) is 13.1. The van der Waals surface area contributed by atoms with Crippen molar-refractivity contribution in [3.8, 4) is 0 Å². The van der Waals surface area contributed by atoms with E-state index < -0.39 is 5.54 Å². The molecule has 3 N–H and O–H groups in total. The van der Waals surface area contributed by atoms with Gasteiger partial charge in [-0.15, -0.1) is 0 Å². The first kappa shape index (κ1) is 16.2. The SMILES string of the molecule is CCC(CC)(NC(=O)c1cccc(Cl)c1Cl)C(N)=S. The minimum Gasteiger partial charge on any atom is -0.391 e. The molecule has 0 atom stereocenters. The van der Waals surface area contributed by atoms with Crippen LogP contribution < -0.4 is 11.1 Å². The summed E-state index contributed by atoms with van der Waals surface area (Å²) in [6.45, 7) is 3.84. The van der Waals surface area contributed by atoms with E-state index in [1.807, 2.05) is 13.8 Å². The van der Waals surface area contributed by atoms with E-state index in [2.05, 4.69) is 5.32 Å². The molecule has 1 aromatic carbocycles. The third-order valence-corrected chi connectivity index (χ3v) is 4.44. The van der Waals surface area contributed by atoms with Crippen LogP contribution in [0.2, 0.25) is 10.0 Å². The van der Waals surface area contributed by atoms with Gasteiger partial charge in [-0.25, -0.2) is 0 Å². The quantitative estimate of drug-likeness (QED) is 0.816. The first-order valence-corrected chi connectivity index (χ1v) is 7.10. The first-order chi connectivity index (χ1) is 8.88.